The highest BCUT2D eigenvalue weighted by atomic mass is 32.2. The molecule has 52 heavy (non-hydrogen) atoms. The number of rotatable bonds is 36. The Balaban J connectivity index is 2.49. The molecule has 2 atom stereocenters. The van der Waals surface area contributed by atoms with Gasteiger partial charge >= 0.3 is 5.97 Å². The van der Waals surface area contributed by atoms with Crippen molar-refractivity contribution in [2.75, 3.05) is 64.4 Å². The second-order valence-electron chi connectivity index (χ2n) is 15.5. The lowest BCUT2D eigenvalue weighted by molar-refractivity contribution is -0.143. The van der Waals surface area contributed by atoms with Crippen LogP contribution < -0.4 is 10.6 Å². The monoisotopic (exact) mass is 753 g/mol. The van der Waals surface area contributed by atoms with Crippen LogP contribution in [-0.2, 0) is 19.1 Å². The summed E-state index contributed by atoms with van der Waals surface area (Å²) in [5.74, 6) is 1.17. The maximum atomic E-state index is 13.7. The van der Waals surface area contributed by atoms with Crippen molar-refractivity contribution in [1.29, 1.82) is 0 Å². The van der Waals surface area contributed by atoms with Crippen LogP contribution in [0.25, 0.3) is 0 Å². The molecule has 0 aromatic carbocycles. The third-order valence-corrected chi connectivity index (χ3v) is 11.7. The molecule has 2 unspecified atom stereocenters. The summed E-state index contributed by atoms with van der Waals surface area (Å²) in [7, 11) is 2.15. The second kappa shape index (κ2) is 35.4. The third kappa shape index (κ3) is 28.2. The van der Waals surface area contributed by atoms with Gasteiger partial charge < -0.3 is 20.3 Å². The molecular formula is C43H84N4O4S. The number of ether oxygens (including phenoxy) is 1. The van der Waals surface area contributed by atoms with Crippen molar-refractivity contribution in [3.8, 4) is 0 Å². The van der Waals surface area contributed by atoms with Gasteiger partial charge in [0.25, 0.3) is 0 Å². The Kier molecular flexibility index (Phi) is 33.1. The number of esters is 1. The minimum atomic E-state index is -0.553. The van der Waals surface area contributed by atoms with Gasteiger partial charge in [-0.1, -0.05) is 149 Å². The lowest BCUT2D eigenvalue weighted by atomic mass is 9.93. The molecule has 306 valence electrons. The van der Waals surface area contributed by atoms with Gasteiger partial charge in [0.05, 0.1) is 13.0 Å². The zero-order valence-corrected chi connectivity index (χ0v) is 35.4. The standard InChI is InChI=1S/C43H84N4O4S/c1-5-8-11-14-16-17-18-19-20-22-25-36-51-41(48)29-38-52-37-28-40(43(50)44-30-31-47-34-32-46(4)33-35-47)45-42(49)39(26-23-13-10-7-3)27-24-21-15-12-9-6-2/h39-40H,5-38H2,1-4H3,(H,44,50)(H,45,49). The molecule has 9 heteroatoms. The van der Waals surface area contributed by atoms with Crippen molar-refractivity contribution >= 4 is 29.5 Å². The van der Waals surface area contributed by atoms with E-state index in [1.165, 1.54) is 103 Å². The number of likely N-dealkylation sites (N-methyl/N-ethyl adjacent to an activating group) is 1. The second-order valence-corrected chi connectivity index (χ2v) is 16.7. The first kappa shape index (κ1) is 48.7. The number of nitrogens with zero attached hydrogens (tertiary/aromatic N) is 2. The summed E-state index contributed by atoms with van der Waals surface area (Å²) in [5.41, 5.74) is 0. The number of unbranched alkanes of at least 4 members (excludes halogenated alkanes) is 18. The first-order valence-corrected chi connectivity index (χ1v) is 23.3. The number of nitrogens with one attached hydrogen (secondary N) is 2. The minimum Gasteiger partial charge on any atom is -0.466 e. The maximum absolute atomic E-state index is 13.7. The molecule has 1 aliphatic rings. The maximum Gasteiger partial charge on any atom is 0.306 e. The Hall–Kier alpha value is -1.32. The Morgan fingerprint density at radius 1 is 0.615 bits per heavy atom. The quantitative estimate of drug-likeness (QED) is 0.0487. The lowest BCUT2D eigenvalue weighted by Crippen LogP contribution is -2.51. The Bertz CT molecular complexity index is 855. The summed E-state index contributed by atoms with van der Waals surface area (Å²) >= 11 is 1.67. The van der Waals surface area contributed by atoms with E-state index >= 15 is 0 Å². The van der Waals surface area contributed by atoms with E-state index in [9.17, 15) is 14.4 Å². The largest absolute Gasteiger partial charge is 0.466 e. The molecule has 1 rings (SSSR count). The predicted molar refractivity (Wildman–Crippen MR) is 223 cm³/mol. The van der Waals surface area contributed by atoms with Crippen LogP contribution in [0.5, 0.6) is 0 Å². The summed E-state index contributed by atoms with van der Waals surface area (Å²) in [5, 5.41) is 6.34. The topological polar surface area (TPSA) is 91.0 Å². The summed E-state index contributed by atoms with van der Waals surface area (Å²) in [6.07, 6.45) is 28.7. The van der Waals surface area contributed by atoms with Crippen LogP contribution in [0.1, 0.15) is 181 Å². The van der Waals surface area contributed by atoms with Crippen LogP contribution in [0.3, 0.4) is 0 Å². The van der Waals surface area contributed by atoms with Crippen LogP contribution >= 0.6 is 11.8 Å². The van der Waals surface area contributed by atoms with Gasteiger partial charge in [0.15, 0.2) is 0 Å². The molecule has 0 aromatic rings. The lowest BCUT2D eigenvalue weighted by Gasteiger charge is -2.32. The smallest absolute Gasteiger partial charge is 0.306 e. The number of piperazine rings is 1. The van der Waals surface area contributed by atoms with Crippen LogP contribution in [0.2, 0.25) is 0 Å². The van der Waals surface area contributed by atoms with Crippen molar-refractivity contribution < 1.29 is 19.1 Å². The van der Waals surface area contributed by atoms with Gasteiger partial charge in [-0.2, -0.15) is 11.8 Å². The number of carbonyl (C=O) groups excluding carboxylic acids is 3. The summed E-state index contributed by atoms with van der Waals surface area (Å²) in [4.78, 5) is 44.3. The number of hydrogen-bond acceptors (Lipinski definition) is 7. The van der Waals surface area contributed by atoms with Gasteiger partial charge in [0.1, 0.15) is 6.04 Å². The van der Waals surface area contributed by atoms with Crippen LogP contribution in [0.4, 0.5) is 0 Å². The molecule has 0 aromatic heterocycles. The molecule has 0 saturated carbocycles. The van der Waals surface area contributed by atoms with E-state index in [2.05, 4.69) is 48.3 Å². The molecule has 0 bridgehead atoms. The SMILES string of the molecule is CCCCCCCCCCCCCOC(=O)CCSCCC(NC(=O)C(CCCCCC)CCCCCCCC)C(=O)NCCN1CCN(C)CC1. The zero-order chi connectivity index (χ0) is 37.9. The van der Waals surface area contributed by atoms with E-state index in [1.807, 2.05) is 0 Å². The fourth-order valence-electron chi connectivity index (χ4n) is 6.97. The zero-order valence-electron chi connectivity index (χ0n) is 34.6. The van der Waals surface area contributed by atoms with Crippen molar-refractivity contribution in [3.63, 3.8) is 0 Å². The van der Waals surface area contributed by atoms with Gasteiger partial charge in [-0.25, -0.2) is 0 Å². The average molecular weight is 753 g/mol. The van der Waals surface area contributed by atoms with Crippen LogP contribution in [-0.4, -0.2) is 98.1 Å². The van der Waals surface area contributed by atoms with E-state index in [1.54, 1.807) is 11.8 Å². The van der Waals surface area contributed by atoms with Gasteiger partial charge in [-0.3, -0.25) is 19.3 Å². The molecule has 1 fully saturated rings. The van der Waals surface area contributed by atoms with Gasteiger partial charge in [0, 0.05) is 50.9 Å². The number of carbonyl (C=O) groups is 3. The molecule has 2 amide bonds. The van der Waals surface area contributed by atoms with Crippen LogP contribution in [0.15, 0.2) is 0 Å². The van der Waals surface area contributed by atoms with E-state index < -0.39 is 6.04 Å². The van der Waals surface area contributed by atoms with E-state index in [0.29, 0.717) is 37.5 Å². The molecule has 2 N–H and O–H groups in total. The fraction of sp³-hybridized carbons (Fsp3) is 0.930. The molecule has 0 aliphatic carbocycles. The average Bonchev–Trinajstić information content (AvgIpc) is 3.14. The number of hydrogen-bond donors (Lipinski definition) is 2. The van der Waals surface area contributed by atoms with Crippen LogP contribution in [0, 0.1) is 5.92 Å². The van der Waals surface area contributed by atoms with Crippen molar-refractivity contribution in [2.45, 2.75) is 187 Å². The number of thioether (sulfide) groups is 1. The van der Waals surface area contributed by atoms with Gasteiger partial charge in [-0.15, -0.1) is 0 Å². The van der Waals surface area contributed by atoms with Crippen molar-refractivity contribution in [2.24, 2.45) is 5.92 Å². The Labute approximate surface area is 325 Å². The number of amides is 2. The first-order chi connectivity index (χ1) is 25.4. The van der Waals surface area contributed by atoms with Crippen molar-refractivity contribution in [3.05, 3.63) is 0 Å². The predicted octanol–water partition coefficient (Wildman–Crippen LogP) is 9.54. The molecular weight excluding hydrogens is 669 g/mol. The normalized spacial score (nSPS) is 15.0. The summed E-state index contributed by atoms with van der Waals surface area (Å²) < 4.78 is 5.50. The molecule has 1 aliphatic heterocycles. The summed E-state index contributed by atoms with van der Waals surface area (Å²) in [6, 6.07) is -0.553. The summed E-state index contributed by atoms with van der Waals surface area (Å²) in [6.45, 7) is 12.8. The van der Waals surface area contributed by atoms with Gasteiger partial charge in [-0.05, 0) is 38.5 Å². The highest BCUT2D eigenvalue weighted by molar-refractivity contribution is 7.99. The highest BCUT2D eigenvalue weighted by Gasteiger charge is 2.25. The molecule has 1 saturated heterocycles. The fourth-order valence-corrected chi connectivity index (χ4v) is 7.89. The third-order valence-electron chi connectivity index (χ3n) is 10.7. The Morgan fingerprint density at radius 2 is 1.12 bits per heavy atom. The molecule has 8 nitrogen and oxygen atoms in total. The first-order valence-electron chi connectivity index (χ1n) is 22.1. The van der Waals surface area contributed by atoms with E-state index in [0.717, 1.165) is 77.7 Å². The molecule has 0 spiro atoms. The Morgan fingerprint density at radius 3 is 1.67 bits per heavy atom. The van der Waals surface area contributed by atoms with Crippen molar-refractivity contribution in [1.82, 2.24) is 20.4 Å². The molecule has 1 heterocycles. The van der Waals surface area contributed by atoms with E-state index in [4.69, 9.17) is 4.74 Å². The van der Waals surface area contributed by atoms with Gasteiger partial charge in [0.2, 0.25) is 11.8 Å². The molecule has 0 radical (unpaired) electrons. The highest BCUT2D eigenvalue weighted by Crippen LogP contribution is 2.20. The minimum absolute atomic E-state index is 0.0357. The van der Waals surface area contributed by atoms with E-state index in [-0.39, 0.29) is 23.7 Å².